The molecule has 1 unspecified atom stereocenters. The highest BCUT2D eigenvalue weighted by Crippen LogP contribution is 2.35. The number of hydrogen-bond acceptors (Lipinski definition) is 1. The summed E-state index contributed by atoms with van der Waals surface area (Å²) in [5.41, 5.74) is 2.32. The molecule has 0 saturated carbocycles. The van der Waals surface area contributed by atoms with Gasteiger partial charge in [-0.25, -0.2) is 6.57 Å². The number of aryl methyl sites for hydroxylation is 1. The van der Waals surface area contributed by atoms with Gasteiger partial charge in [-0.1, -0.05) is 35.3 Å². The molecule has 1 heterocycles. The van der Waals surface area contributed by atoms with Crippen LogP contribution >= 0.6 is 23.2 Å². The number of nitrogens with zero attached hydrogens (tertiary/aromatic N) is 2. The smallest absolute Gasteiger partial charge is 0.293 e. The van der Waals surface area contributed by atoms with Crippen molar-refractivity contribution < 1.29 is 0 Å². The molecule has 0 fully saturated rings. The molecule has 0 spiro atoms. The molecule has 0 radical (unpaired) electrons. The lowest BCUT2D eigenvalue weighted by Crippen LogP contribution is -2.01. The molecule has 90 valence electrons. The Bertz CT molecular complexity index is 580. The van der Waals surface area contributed by atoms with Crippen LogP contribution in [0.15, 0.2) is 36.5 Å². The van der Waals surface area contributed by atoms with Gasteiger partial charge in [0.1, 0.15) is 5.69 Å². The maximum atomic E-state index is 7.35. The van der Waals surface area contributed by atoms with Crippen molar-refractivity contribution in [2.45, 2.75) is 13.0 Å². The Labute approximate surface area is 116 Å². The van der Waals surface area contributed by atoms with E-state index in [1.165, 1.54) is 0 Å². The van der Waals surface area contributed by atoms with Gasteiger partial charge in [0.2, 0.25) is 0 Å². The average molecular weight is 277 g/mol. The van der Waals surface area contributed by atoms with Crippen molar-refractivity contribution in [1.29, 1.82) is 0 Å². The molecule has 0 N–H and O–H groups in total. The standard InChI is InChI=1S/C14H10Cl2N2/c1-9-6-7-12(18-8-9)14(17-2)13-10(15)4-3-5-11(13)16/h3-8,14H,1H3. The third-order valence-corrected chi connectivity index (χ3v) is 3.28. The Hall–Kier alpha value is -1.56. The van der Waals surface area contributed by atoms with Crippen molar-refractivity contribution in [3.05, 3.63) is 74.8 Å². The molecule has 18 heavy (non-hydrogen) atoms. The highest BCUT2D eigenvalue weighted by Gasteiger charge is 2.25. The third-order valence-electron chi connectivity index (χ3n) is 2.62. The maximum Gasteiger partial charge on any atom is 0.293 e. The highest BCUT2D eigenvalue weighted by molar-refractivity contribution is 6.36. The first-order valence-corrected chi connectivity index (χ1v) is 6.12. The van der Waals surface area contributed by atoms with Gasteiger partial charge in [0, 0.05) is 6.20 Å². The number of pyridine rings is 1. The first kappa shape index (κ1) is 12.9. The van der Waals surface area contributed by atoms with Crippen LogP contribution in [0.5, 0.6) is 0 Å². The fourth-order valence-electron chi connectivity index (χ4n) is 1.69. The van der Waals surface area contributed by atoms with Gasteiger partial charge >= 0.3 is 0 Å². The van der Waals surface area contributed by atoms with Crippen LogP contribution in [-0.4, -0.2) is 4.98 Å². The van der Waals surface area contributed by atoms with E-state index in [4.69, 9.17) is 29.8 Å². The lowest BCUT2D eigenvalue weighted by molar-refractivity contribution is 0.945. The van der Waals surface area contributed by atoms with E-state index in [1.807, 2.05) is 19.1 Å². The minimum atomic E-state index is -0.563. The van der Waals surface area contributed by atoms with E-state index in [2.05, 4.69) is 9.83 Å². The van der Waals surface area contributed by atoms with E-state index >= 15 is 0 Å². The highest BCUT2D eigenvalue weighted by atomic mass is 35.5. The van der Waals surface area contributed by atoms with Crippen molar-refractivity contribution in [3.63, 3.8) is 0 Å². The summed E-state index contributed by atoms with van der Waals surface area (Å²) in [5.74, 6) is 0. The molecule has 2 aromatic rings. The van der Waals surface area contributed by atoms with Crippen LogP contribution in [0.3, 0.4) is 0 Å². The quantitative estimate of drug-likeness (QED) is 0.727. The largest absolute Gasteiger partial charge is 0.301 e. The summed E-state index contributed by atoms with van der Waals surface area (Å²) in [5, 5.41) is 0.983. The van der Waals surface area contributed by atoms with Crippen molar-refractivity contribution in [3.8, 4) is 0 Å². The summed E-state index contributed by atoms with van der Waals surface area (Å²) >= 11 is 12.3. The molecule has 0 aliphatic carbocycles. The summed E-state index contributed by atoms with van der Waals surface area (Å²) in [7, 11) is 0. The van der Waals surface area contributed by atoms with E-state index in [-0.39, 0.29) is 0 Å². The Morgan fingerprint density at radius 2 is 1.83 bits per heavy atom. The van der Waals surface area contributed by atoms with Gasteiger partial charge in [-0.05, 0) is 30.7 Å². The van der Waals surface area contributed by atoms with Crippen molar-refractivity contribution in [1.82, 2.24) is 4.98 Å². The van der Waals surface area contributed by atoms with Gasteiger partial charge in [0.15, 0.2) is 0 Å². The van der Waals surface area contributed by atoms with Crippen LogP contribution in [0, 0.1) is 13.5 Å². The molecule has 0 amide bonds. The van der Waals surface area contributed by atoms with Crippen LogP contribution < -0.4 is 0 Å². The fraction of sp³-hybridized carbons (Fsp3) is 0.143. The predicted molar refractivity (Wildman–Crippen MR) is 73.9 cm³/mol. The third kappa shape index (κ3) is 2.48. The topological polar surface area (TPSA) is 17.2 Å². The summed E-state index contributed by atoms with van der Waals surface area (Å²) in [4.78, 5) is 7.88. The van der Waals surface area contributed by atoms with E-state index in [0.29, 0.717) is 21.3 Å². The second kappa shape index (κ2) is 5.39. The Morgan fingerprint density at radius 3 is 2.33 bits per heavy atom. The number of benzene rings is 1. The first-order valence-electron chi connectivity index (χ1n) is 5.36. The van der Waals surface area contributed by atoms with Crippen LogP contribution in [0.25, 0.3) is 4.85 Å². The van der Waals surface area contributed by atoms with Crippen LogP contribution in [0.2, 0.25) is 10.0 Å². The molecule has 2 rings (SSSR count). The molecule has 0 aliphatic rings. The van der Waals surface area contributed by atoms with E-state index in [0.717, 1.165) is 5.56 Å². The normalized spacial score (nSPS) is 11.9. The summed E-state index contributed by atoms with van der Waals surface area (Å²) in [6, 6.07) is 8.41. The fourth-order valence-corrected chi connectivity index (χ4v) is 2.30. The van der Waals surface area contributed by atoms with E-state index in [9.17, 15) is 0 Å². The molecule has 0 bridgehead atoms. The second-order valence-electron chi connectivity index (χ2n) is 3.93. The van der Waals surface area contributed by atoms with Crippen molar-refractivity contribution in [2.24, 2.45) is 0 Å². The van der Waals surface area contributed by atoms with Crippen LogP contribution in [0.4, 0.5) is 0 Å². The van der Waals surface area contributed by atoms with E-state index < -0.39 is 6.04 Å². The minimum absolute atomic E-state index is 0.492. The molecule has 1 atom stereocenters. The zero-order valence-electron chi connectivity index (χ0n) is 9.69. The molecule has 0 aliphatic heterocycles. The Kier molecular flexibility index (Phi) is 3.86. The van der Waals surface area contributed by atoms with Gasteiger partial charge < -0.3 is 4.85 Å². The lowest BCUT2D eigenvalue weighted by atomic mass is 10.0. The van der Waals surface area contributed by atoms with Gasteiger partial charge in [0.05, 0.1) is 15.6 Å². The van der Waals surface area contributed by atoms with Crippen molar-refractivity contribution >= 4 is 23.2 Å². The number of hydrogen-bond donors (Lipinski definition) is 0. The molecule has 0 saturated heterocycles. The SMILES string of the molecule is [C-]#[N+]C(c1ccc(C)cn1)c1c(Cl)cccc1Cl. The zero-order valence-corrected chi connectivity index (χ0v) is 11.2. The van der Waals surface area contributed by atoms with Gasteiger partial charge in [0.25, 0.3) is 6.04 Å². The number of aromatic nitrogens is 1. The van der Waals surface area contributed by atoms with Crippen molar-refractivity contribution in [2.75, 3.05) is 0 Å². The first-order chi connectivity index (χ1) is 8.63. The predicted octanol–water partition coefficient (Wildman–Crippen LogP) is 4.71. The maximum absolute atomic E-state index is 7.35. The summed E-state index contributed by atoms with van der Waals surface area (Å²) in [6.07, 6.45) is 1.73. The zero-order chi connectivity index (χ0) is 13.1. The molecular formula is C14H10Cl2N2. The van der Waals surface area contributed by atoms with Crippen LogP contribution in [0.1, 0.15) is 22.9 Å². The van der Waals surface area contributed by atoms with E-state index in [1.54, 1.807) is 24.4 Å². The summed E-state index contributed by atoms with van der Waals surface area (Å²) < 4.78 is 0. The number of halogens is 2. The lowest BCUT2D eigenvalue weighted by Gasteiger charge is -2.09. The molecule has 1 aromatic heterocycles. The number of rotatable bonds is 2. The molecule has 2 nitrogen and oxygen atoms in total. The molecule has 4 heteroatoms. The average Bonchev–Trinajstić information content (AvgIpc) is 2.35. The van der Waals surface area contributed by atoms with Crippen LogP contribution in [-0.2, 0) is 0 Å². The summed E-state index contributed by atoms with van der Waals surface area (Å²) in [6.45, 7) is 9.30. The molecular weight excluding hydrogens is 267 g/mol. The second-order valence-corrected chi connectivity index (χ2v) is 4.74. The monoisotopic (exact) mass is 276 g/mol. The molecule has 1 aromatic carbocycles. The van der Waals surface area contributed by atoms with Gasteiger partial charge in [-0.15, -0.1) is 0 Å². The van der Waals surface area contributed by atoms with Gasteiger partial charge in [-0.3, -0.25) is 4.98 Å². The Balaban J connectivity index is 2.53. The van der Waals surface area contributed by atoms with Gasteiger partial charge in [-0.2, -0.15) is 0 Å². The Morgan fingerprint density at radius 1 is 1.17 bits per heavy atom. The minimum Gasteiger partial charge on any atom is -0.301 e.